The van der Waals surface area contributed by atoms with Gasteiger partial charge >= 0.3 is 0 Å². The molecule has 1 N–H and O–H groups in total. The zero-order valence-corrected chi connectivity index (χ0v) is 13.0. The van der Waals surface area contributed by atoms with E-state index in [1.54, 1.807) is 11.3 Å². The Labute approximate surface area is 128 Å². The molecule has 5 heteroatoms. The Kier molecular flexibility index (Phi) is 4.24. The Morgan fingerprint density at radius 2 is 2.20 bits per heavy atom. The lowest BCUT2D eigenvalue weighted by molar-refractivity contribution is 0.673. The number of pyridine rings is 1. The number of anilines is 1. The molecule has 106 valence electrons. The van der Waals surface area contributed by atoms with Crippen LogP contribution in [0.4, 0.5) is 5.82 Å². The molecule has 3 rings (SSSR count). The summed E-state index contributed by atoms with van der Waals surface area (Å²) in [5, 5.41) is 3.50. The van der Waals surface area contributed by atoms with Crippen LogP contribution in [0.2, 0.25) is 4.34 Å². The molecule has 0 aromatic carbocycles. The van der Waals surface area contributed by atoms with Gasteiger partial charge in [-0.05, 0) is 37.1 Å². The average Bonchev–Trinajstić information content (AvgIpc) is 3.19. The van der Waals surface area contributed by atoms with E-state index >= 15 is 0 Å². The zero-order chi connectivity index (χ0) is 13.9. The molecule has 2 aromatic heterocycles. The quantitative estimate of drug-likeness (QED) is 0.882. The molecule has 0 spiro atoms. The maximum absolute atomic E-state index is 5.97. The van der Waals surface area contributed by atoms with E-state index in [1.165, 1.54) is 17.7 Å². The SMILES string of the molecule is CN(Cc1ccc(Cl)s1)c1cccc(CNC2CC2)n1. The van der Waals surface area contributed by atoms with Crippen LogP contribution in [0.3, 0.4) is 0 Å². The monoisotopic (exact) mass is 307 g/mol. The molecule has 0 bridgehead atoms. The van der Waals surface area contributed by atoms with Crippen molar-refractivity contribution in [2.75, 3.05) is 11.9 Å². The lowest BCUT2D eigenvalue weighted by Gasteiger charge is -2.18. The molecule has 1 aliphatic carbocycles. The molecule has 3 nitrogen and oxygen atoms in total. The standard InChI is InChI=1S/C15H18ClN3S/c1-19(10-13-7-8-14(16)20-13)15-4-2-3-12(18-15)9-17-11-5-6-11/h2-4,7-8,11,17H,5-6,9-10H2,1H3. The fourth-order valence-corrected chi connectivity index (χ4v) is 3.21. The Morgan fingerprint density at radius 3 is 2.90 bits per heavy atom. The van der Waals surface area contributed by atoms with Crippen LogP contribution in [-0.4, -0.2) is 18.1 Å². The van der Waals surface area contributed by atoms with E-state index in [-0.39, 0.29) is 0 Å². The zero-order valence-electron chi connectivity index (χ0n) is 11.5. The van der Waals surface area contributed by atoms with Crippen molar-refractivity contribution in [2.24, 2.45) is 0 Å². The topological polar surface area (TPSA) is 28.2 Å². The summed E-state index contributed by atoms with van der Waals surface area (Å²) < 4.78 is 0.837. The summed E-state index contributed by atoms with van der Waals surface area (Å²) in [5.41, 5.74) is 1.10. The lowest BCUT2D eigenvalue weighted by Crippen LogP contribution is -2.20. The van der Waals surface area contributed by atoms with Crippen LogP contribution in [0.5, 0.6) is 0 Å². The van der Waals surface area contributed by atoms with Crippen molar-refractivity contribution >= 4 is 28.8 Å². The summed E-state index contributed by atoms with van der Waals surface area (Å²) in [5.74, 6) is 1.00. The van der Waals surface area contributed by atoms with Gasteiger partial charge in [-0.1, -0.05) is 17.7 Å². The number of hydrogen-bond acceptors (Lipinski definition) is 4. The van der Waals surface area contributed by atoms with Crippen molar-refractivity contribution in [3.63, 3.8) is 0 Å². The number of rotatable bonds is 6. The van der Waals surface area contributed by atoms with E-state index in [2.05, 4.69) is 41.5 Å². The lowest BCUT2D eigenvalue weighted by atomic mass is 10.3. The van der Waals surface area contributed by atoms with E-state index in [9.17, 15) is 0 Å². The molecule has 1 saturated carbocycles. The first-order valence-electron chi connectivity index (χ1n) is 6.85. The van der Waals surface area contributed by atoms with Gasteiger partial charge < -0.3 is 10.2 Å². The van der Waals surface area contributed by atoms with E-state index in [0.29, 0.717) is 6.04 Å². The number of hydrogen-bond donors (Lipinski definition) is 1. The Bertz CT molecular complexity index is 580. The van der Waals surface area contributed by atoms with E-state index in [0.717, 1.165) is 28.9 Å². The van der Waals surface area contributed by atoms with Crippen molar-refractivity contribution in [1.82, 2.24) is 10.3 Å². The molecule has 0 saturated heterocycles. The minimum Gasteiger partial charge on any atom is -0.355 e. The highest BCUT2D eigenvalue weighted by Crippen LogP contribution is 2.24. The van der Waals surface area contributed by atoms with Crippen molar-refractivity contribution in [3.05, 3.63) is 45.2 Å². The number of nitrogens with zero attached hydrogens (tertiary/aromatic N) is 2. The summed E-state index contributed by atoms with van der Waals surface area (Å²) in [7, 11) is 2.06. The highest BCUT2D eigenvalue weighted by atomic mass is 35.5. The molecule has 0 atom stereocenters. The summed E-state index contributed by atoms with van der Waals surface area (Å²) in [6.45, 7) is 1.70. The number of aromatic nitrogens is 1. The number of nitrogens with one attached hydrogen (secondary N) is 1. The second-order valence-electron chi connectivity index (χ2n) is 5.20. The third kappa shape index (κ3) is 3.72. The van der Waals surface area contributed by atoms with E-state index in [4.69, 9.17) is 16.6 Å². The Balaban J connectivity index is 1.63. The van der Waals surface area contributed by atoms with Crippen molar-refractivity contribution in [1.29, 1.82) is 0 Å². The molecule has 0 amide bonds. The largest absolute Gasteiger partial charge is 0.355 e. The maximum Gasteiger partial charge on any atom is 0.128 e. The third-order valence-corrected chi connectivity index (χ3v) is 4.57. The first-order chi connectivity index (χ1) is 9.70. The smallest absolute Gasteiger partial charge is 0.128 e. The van der Waals surface area contributed by atoms with E-state index < -0.39 is 0 Å². The van der Waals surface area contributed by atoms with Gasteiger partial charge in [0.05, 0.1) is 16.6 Å². The number of thiophene rings is 1. The normalized spacial score (nSPS) is 14.5. The van der Waals surface area contributed by atoms with Crippen LogP contribution < -0.4 is 10.2 Å². The third-order valence-electron chi connectivity index (χ3n) is 3.35. The minimum atomic E-state index is 0.714. The van der Waals surface area contributed by atoms with Crippen molar-refractivity contribution in [2.45, 2.75) is 32.0 Å². The second-order valence-corrected chi connectivity index (χ2v) is 7.00. The maximum atomic E-state index is 5.97. The fourth-order valence-electron chi connectivity index (χ4n) is 2.07. The second kappa shape index (κ2) is 6.12. The van der Waals surface area contributed by atoms with Crippen LogP contribution in [0, 0.1) is 0 Å². The molecule has 20 heavy (non-hydrogen) atoms. The number of halogens is 1. The fraction of sp³-hybridized carbons (Fsp3) is 0.400. The average molecular weight is 308 g/mol. The highest BCUT2D eigenvalue weighted by Gasteiger charge is 2.20. The van der Waals surface area contributed by atoms with Gasteiger partial charge in [0.1, 0.15) is 5.82 Å². The van der Waals surface area contributed by atoms with Gasteiger partial charge in [0.25, 0.3) is 0 Å². The van der Waals surface area contributed by atoms with Gasteiger partial charge in [-0.3, -0.25) is 0 Å². The Morgan fingerprint density at radius 1 is 1.35 bits per heavy atom. The van der Waals surface area contributed by atoms with Gasteiger partial charge in [0.2, 0.25) is 0 Å². The molecular formula is C15H18ClN3S. The molecule has 0 radical (unpaired) electrons. The summed E-state index contributed by atoms with van der Waals surface area (Å²) in [6.07, 6.45) is 2.61. The molecule has 0 unspecified atom stereocenters. The minimum absolute atomic E-state index is 0.714. The van der Waals surface area contributed by atoms with Gasteiger partial charge in [0, 0.05) is 24.5 Å². The molecule has 1 aliphatic rings. The summed E-state index contributed by atoms with van der Waals surface area (Å²) >= 11 is 7.59. The predicted molar refractivity (Wildman–Crippen MR) is 85.5 cm³/mol. The van der Waals surface area contributed by atoms with Crippen LogP contribution in [0.15, 0.2) is 30.3 Å². The van der Waals surface area contributed by atoms with Gasteiger partial charge in [-0.2, -0.15) is 0 Å². The van der Waals surface area contributed by atoms with Gasteiger partial charge in [-0.15, -0.1) is 11.3 Å². The first kappa shape index (κ1) is 13.9. The molecule has 2 heterocycles. The summed E-state index contributed by atoms with van der Waals surface area (Å²) in [6, 6.07) is 10.9. The molecule has 2 aromatic rings. The van der Waals surface area contributed by atoms with Crippen molar-refractivity contribution in [3.8, 4) is 0 Å². The van der Waals surface area contributed by atoms with Crippen molar-refractivity contribution < 1.29 is 0 Å². The van der Waals surface area contributed by atoms with Gasteiger partial charge in [-0.25, -0.2) is 4.98 Å². The molecular weight excluding hydrogens is 290 g/mol. The highest BCUT2D eigenvalue weighted by molar-refractivity contribution is 7.16. The predicted octanol–water partition coefficient (Wildman–Crippen LogP) is 3.68. The van der Waals surface area contributed by atoms with Crippen LogP contribution in [0.1, 0.15) is 23.4 Å². The van der Waals surface area contributed by atoms with Gasteiger partial charge in [0.15, 0.2) is 0 Å². The van der Waals surface area contributed by atoms with Crippen LogP contribution >= 0.6 is 22.9 Å². The molecule has 1 fully saturated rings. The Hall–Kier alpha value is -1.10. The first-order valence-corrected chi connectivity index (χ1v) is 8.05. The van der Waals surface area contributed by atoms with Crippen LogP contribution in [0.25, 0.3) is 0 Å². The van der Waals surface area contributed by atoms with E-state index in [1.807, 2.05) is 6.07 Å². The summed E-state index contributed by atoms with van der Waals surface area (Å²) in [4.78, 5) is 8.12. The van der Waals surface area contributed by atoms with Crippen LogP contribution in [-0.2, 0) is 13.1 Å². The molecule has 0 aliphatic heterocycles.